The molecular formula is C18H23ClO4. The van der Waals surface area contributed by atoms with Gasteiger partial charge in [-0.3, -0.25) is 9.59 Å². The minimum Gasteiger partial charge on any atom is -0.494 e. The predicted molar refractivity (Wildman–Crippen MR) is 91.4 cm³/mol. The van der Waals surface area contributed by atoms with Crippen molar-refractivity contribution in [2.45, 2.75) is 38.2 Å². The van der Waals surface area contributed by atoms with Crippen molar-refractivity contribution in [2.75, 3.05) is 13.7 Å². The summed E-state index contributed by atoms with van der Waals surface area (Å²) in [5, 5.41) is 0.399. The molecule has 0 amide bonds. The van der Waals surface area contributed by atoms with Crippen LogP contribution < -0.4 is 4.74 Å². The van der Waals surface area contributed by atoms with Crippen molar-refractivity contribution in [3.05, 3.63) is 40.9 Å². The lowest BCUT2D eigenvalue weighted by atomic mass is 10.0. The Morgan fingerprint density at radius 1 is 1.30 bits per heavy atom. The smallest absolute Gasteiger partial charge is 0.151 e. The van der Waals surface area contributed by atoms with Crippen molar-refractivity contribution in [3.63, 3.8) is 0 Å². The number of hydrogen-bond acceptors (Lipinski definition) is 4. The van der Waals surface area contributed by atoms with Crippen molar-refractivity contribution in [2.24, 2.45) is 0 Å². The maximum atomic E-state index is 10.7. The molecule has 0 saturated carbocycles. The van der Waals surface area contributed by atoms with E-state index in [1.165, 1.54) is 0 Å². The molecule has 1 unspecified atom stereocenters. The summed E-state index contributed by atoms with van der Waals surface area (Å²) < 4.78 is 10.9. The number of carbonyl (C=O) groups excluding carboxylic acids is 2. The number of carbonyl (C=O) groups is 2. The molecule has 1 rings (SSSR count). The molecule has 1 aromatic carbocycles. The van der Waals surface area contributed by atoms with Crippen LogP contribution in [0.2, 0.25) is 5.02 Å². The van der Waals surface area contributed by atoms with E-state index in [4.69, 9.17) is 21.1 Å². The van der Waals surface area contributed by atoms with Crippen LogP contribution in [0.4, 0.5) is 0 Å². The Balaban J connectivity index is 2.20. The molecule has 5 heteroatoms. The fourth-order valence-electron chi connectivity index (χ4n) is 2.18. The monoisotopic (exact) mass is 338 g/mol. The molecule has 4 nitrogen and oxygen atoms in total. The Morgan fingerprint density at radius 2 is 2.09 bits per heavy atom. The topological polar surface area (TPSA) is 52.6 Å². The summed E-state index contributed by atoms with van der Waals surface area (Å²) in [6.45, 7) is 4.26. The molecule has 0 N–H and O–H groups in total. The second kappa shape index (κ2) is 11.0. The number of rotatable bonds is 12. The van der Waals surface area contributed by atoms with Gasteiger partial charge in [-0.1, -0.05) is 24.6 Å². The highest BCUT2D eigenvalue weighted by Gasteiger charge is 2.08. The van der Waals surface area contributed by atoms with Gasteiger partial charge in [0.1, 0.15) is 12.0 Å². The molecule has 0 spiro atoms. The Bertz CT molecular complexity index is 528. The molecular weight excluding hydrogens is 316 g/mol. The zero-order chi connectivity index (χ0) is 17.1. The minimum atomic E-state index is 0.0447. The van der Waals surface area contributed by atoms with Crippen LogP contribution in [0.5, 0.6) is 5.75 Å². The normalized spacial score (nSPS) is 11.7. The summed E-state index contributed by atoms with van der Waals surface area (Å²) in [7, 11) is 1.65. The summed E-state index contributed by atoms with van der Waals surface area (Å²) >= 11 is 5.94. The van der Waals surface area contributed by atoms with Crippen LogP contribution in [-0.2, 0) is 9.53 Å². The number of benzene rings is 1. The third-order valence-electron chi connectivity index (χ3n) is 3.53. The van der Waals surface area contributed by atoms with E-state index >= 15 is 0 Å². The van der Waals surface area contributed by atoms with Gasteiger partial charge < -0.3 is 9.47 Å². The first kappa shape index (κ1) is 19.4. The van der Waals surface area contributed by atoms with Gasteiger partial charge in [0, 0.05) is 19.1 Å². The van der Waals surface area contributed by atoms with Crippen LogP contribution in [0.1, 0.15) is 42.5 Å². The predicted octanol–water partition coefficient (Wildman–Crippen LogP) is 4.25. The van der Waals surface area contributed by atoms with E-state index in [0.717, 1.165) is 38.3 Å². The second-order valence-corrected chi connectivity index (χ2v) is 5.74. The molecule has 0 bridgehead atoms. The van der Waals surface area contributed by atoms with Gasteiger partial charge in [-0.25, -0.2) is 0 Å². The van der Waals surface area contributed by atoms with Crippen molar-refractivity contribution < 1.29 is 19.1 Å². The average molecular weight is 339 g/mol. The molecule has 1 aromatic rings. The van der Waals surface area contributed by atoms with Crippen molar-refractivity contribution >= 4 is 24.2 Å². The molecule has 0 aliphatic carbocycles. The first-order valence-corrected chi connectivity index (χ1v) is 8.01. The van der Waals surface area contributed by atoms with Gasteiger partial charge in [-0.2, -0.15) is 0 Å². The molecule has 0 aromatic heterocycles. The van der Waals surface area contributed by atoms with Crippen molar-refractivity contribution in [3.8, 4) is 5.75 Å². The number of ether oxygens (including phenoxy) is 2. The first-order valence-electron chi connectivity index (χ1n) is 7.64. The highest BCUT2D eigenvalue weighted by Crippen LogP contribution is 2.21. The highest BCUT2D eigenvalue weighted by molar-refractivity contribution is 6.33. The number of aldehydes is 2. The molecule has 0 radical (unpaired) electrons. The quantitative estimate of drug-likeness (QED) is 0.325. The van der Waals surface area contributed by atoms with Crippen molar-refractivity contribution in [1.29, 1.82) is 0 Å². The van der Waals surface area contributed by atoms with Crippen molar-refractivity contribution in [1.82, 2.24) is 0 Å². The van der Waals surface area contributed by atoms with Gasteiger partial charge in [0.05, 0.1) is 17.7 Å². The number of unbranched alkanes of at least 4 members (excludes halogenated alkanes) is 2. The standard InChI is InChI=1S/C18H23ClO4/c1-14(12-20)10-16(22-2)6-4-3-5-9-23-17-8-7-15(13-21)18(19)11-17/h7-8,11-13,16H,1,3-6,9-10H2,2H3. The molecule has 0 saturated heterocycles. The summed E-state index contributed by atoms with van der Waals surface area (Å²) in [6.07, 6.45) is 5.94. The van der Waals surface area contributed by atoms with Gasteiger partial charge >= 0.3 is 0 Å². The maximum absolute atomic E-state index is 10.7. The third kappa shape index (κ3) is 7.44. The average Bonchev–Trinajstić information content (AvgIpc) is 2.56. The third-order valence-corrected chi connectivity index (χ3v) is 3.86. The van der Waals surface area contributed by atoms with Gasteiger partial charge in [-0.15, -0.1) is 0 Å². The first-order chi connectivity index (χ1) is 11.1. The van der Waals surface area contributed by atoms with Crippen LogP contribution in [0, 0.1) is 0 Å². The van der Waals surface area contributed by atoms with Gasteiger partial charge in [0.2, 0.25) is 0 Å². The number of halogens is 1. The Morgan fingerprint density at radius 3 is 2.70 bits per heavy atom. The Kier molecular flexibility index (Phi) is 9.25. The molecule has 23 heavy (non-hydrogen) atoms. The van der Waals surface area contributed by atoms with Gasteiger partial charge in [0.25, 0.3) is 0 Å². The van der Waals surface area contributed by atoms with E-state index in [0.29, 0.717) is 34.9 Å². The summed E-state index contributed by atoms with van der Waals surface area (Å²) in [6, 6.07) is 5.03. The zero-order valence-electron chi connectivity index (χ0n) is 13.4. The van der Waals surface area contributed by atoms with E-state index in [2.05, 4.69) is 6.58 Å². The fourth-order valence-corrected chi connectivity index (χ4v) is 2.39. The van der Waals surface area contributed by atoms with E-state index in [9.17, 15) is 9.59 Å². The SMILES string of the molecule is C=C(C=O)CC(CCCCCOc1ccc(C=O)c(Cl)c1)OC. The van der Waals surface area contributed by atoms with E-state index in [-0.39, 0.29) is 6.10 Å². The molecule has 1 atom stereocenters. The molecule has 0 heterocycles. The minimum absolute atomic E-state index is 0.0447. The van der Waals surface area contributed by atoms with Crippen LogP contribution in [0.25, 0.3) is 0 Å². The Labute approximate surface area is 142 Å². The van der Waals surface area contributed by atoms with E-state index < -0.39 is 0 Å². The van der Waals surface area contributed by atoms with E-state index in [1.54, 1.807) is 25.3 Å². The Hall–Kier alpha value is -1.65. The van der Waals surface area contributed by atoms with E-state index in [1.807, 2.05) is 0 Å². The molecule has 0 aliphatic rings. The molecule has 126 valence electrons. The fraction of sp³-hybridized carbons (Fsp3) is 0.444. The molecule has 0 fully saturated rings. The molecule has 0 aliphatic heterocycles. The lowest BCUT2D eigenvalue weighted by Crippen LogP contribution is -2.12. The van der Waals surface area contributed by atoms with Crippen LogP contribution in [-0.4, -0.2) is 32.4 Å². The largest absolute Gasteiger partial charge is 0.494 e. The van der Waals surface area contributed by atoms with Gasteiger partial charge in [0.15, 0.2) is 6.29 Å². The lowest BCUT2D eigenvalue weighted by Gasteiger charge is -2.14. The highest BCUT2D eigenvalue weighted by atomic mass is 35.5. The maximum Gasteiger partial charge on any atom is 0.151 e. The number of methoxy groups -OCH3 is 1. The summed E-state index contributed by atoms with van der Waals surface area (Å²) in [4.78, 5) is 21.2. The number of hydrogen-bond donors (Lipinski definition) is 0. The van der Waals surface area contributed by atoms with Crippen LogP contribution in [0.3, 0.4) is 0 Å². The zero-order valence-corrected chi connectivity index (χ0v) is 14.2. The van der Waals surface area contributed by atoms with Gasteiger partial charge in [-0.05, 0) is 43.0 Å². The summed E-state index contributed by atoms with van der Waals surface area (Å²) in [5.41, 5.74) is 1.03. The van der Waals surface area contributed by atoms with Crippen LogP contribution >= 0.6 is 11.6 Å². The van der Waals surface area contributed by atoms with Crippen LogP contribution in [0.15, 0.2) is 30.4 Å². The lowest BCUT2D eigenvalue weighted by molar-refractivity contribution is -0.105. The second-order valence-electron chi connectivity index (χ2n) is 5.34. The summed E-state index contributed by atoms with van der Waals surface area (Å²) in [5.74, 6) is 0.664.